The molecule has 0 amide bonds. The average molecular weight is 371 g/mol. The van der Waals surface area contributed by atoms with Crippen molar-refractivity contribution < 1.29 is 13.5 Å². The highest BCUT2D eigenvalue weighted by Crippen LogP contribution is 2.23. The average Bonchev–Trinajstić information content (AvgIpc) is 3.02. The zero-order valence-electron chi connectivity index (χ0n) is 14.6. The predicted molar refractivity (Wildman–Crippen MR) is 95.3 cm³/mol. The fourth-order valence-electron chi connectivity index (χ4n) is 3.28. The van der Waals surface area contributed by atoms with Crippen LogP contribution in [0.25, 0.3) is 0 Å². The molecule has 3 aromatic rings. The monoisotopic (exact) mass is 371 g/mol. The molecule has 0 saturated carbocycles. The lowest BCUT2D eigenvalue weighted by molar-refractivity contribution is 0.250. The third kappa shape index (κ3) is 4.05. The summed E-state index contributed by atoms with van der Waals surface area (Å²) in [6.07, 6.45) is 6.61. The molecule has 0 spiro atoms. The van der Waals surface area contributed by atoms with E-state index in [1.807, 2.05) is 17.2 Å². The third-order valence-electron chi connectivity index (χ3n) is 4.59. The van der Waals surface area contributed by atoms with Gasteiger partial charge in [0.15, 0.2) is 11.6 Å². The summed E-state index contributed by atoms with van der Waals surface area (Å²) in [7, 11) is 0. The van der Waals surface area contributed by atoms with Gasteiger partial charge in [-0.3, -0.25) is 0 Å². The fraction of sp³-hybridized carbons (Fsp3) is 0.316. The molecule has 0 saturated heterocycles. The molecule has 0 aliphatic carbocycles. The Bertz CT molecular complexity index is 899. The van der Waals surface area contributed by atoms with Crippen molar-refractivity contribution in [3.05, 3.63) is 66.4 Å². The second-order valence-electron chi connectivity index (χ2n) is 6.53. The van der Waals surface area contributed by atoms with Gasteiger partial charge in [0.2, 0.25) is 11.8 Å². The lowest BCUT2D eigenvalue weighted by Crippen LogP contribution is -2.30. The molecule has 6 nitrogen and oxygen atoms in total. The molecule has 4 rings (SSSR count). The third-order valence-corrected chi connectivity index (χ3v) is 4.59. The van der Waals surface area contributed by atoms with Crippen molar-refractivity contribution in [2.45, 2.75) is 19.5 Å². The van der Waals surface area contributed by atoms with Crippen molar-refractivity contribution in [2.75, 3.05) is 18.1 Å². The number of rotatable bonds is 5. The van der Waals surface area contributed by atoms with Crippen molar-refractivity contribution in [2.24, 2.45) is 5.92 Å². The molecule has 27 heavy (non-hydrogen) atoms. The van der Waals surface area contributed by atoms with Crippen LogP contribution in [0.4, 0.5) is 14.7 Å². The Morgan fingerprint density at radius 3 is 2.74 bits per heavy atom. The van der Waals surface area contributed by atoms with Gasteiger partial charge in [-0.25, -0.2) is 23.7 Å². The van der Waals surface area contributed by atoms with Crippen molar-refractivity contribution >= 4 is 5.95 Å². The molecule has 8 heteroatoms. The van der Waals surface area contributed by atoms with Crippen LogP contribution < -0.4 is 9.64 Å². The highest BCUT2D eigenvalue weighted by Gasteiger charge is 2.23. The fourth-order valence-corrected chi connectivity index (χ4v) is 3.28. The van der Waals surface area contributed by atoms with E-state index in [0.29, 0.717) is 32.1 Å². The van der Waals surface area contributed by atoms with Gasteiger partial charge < -0.3 is 14.2 Å². The lowest BCUT2D eigenvalue weighted by Gasteiger charge is -2.24. The summed E-state index contributed by atoms with van der Waals surface area (Å²) >= 11 is 0. The topological polar surface area (TPSA) is 56.1 Å². The van der Waals surface area contributed by atoms with E-state index in [9.17, 15) is 8.78 Å². The van der Waals surface area contributed by atoms with Crippen LogP contribution in [0.3, 0.4) is 0 Å². The Morgan fingerprint density at radius 1 is 1.07 bits per heavy atom. The number of nitrogens with zero attached hydrogens (tertiary/aromatic N) is 5. The van der Waals surface area contributed by atoms with Crippen LogP contribution in [-0.2, 0) is 13.1 Å². The standard InChI is InChI=1S/C19H19F2N5O/c20-15-9-23-19(24-10-15)26-12-14(11-25-7-2-3-16(25)13-26)5-8-27-18-17(21)4-1-6-22-18/h1-4,6-7,9-10,14H,5,8,11-13H2/t14-/m0/s1. The summed E-state index contributed by atoms with van der Waals surface area (Å²) in [6, 6.07) is 6.91. The first-order chi connectivity index (χ1) is 13.2. The molecule has 0 radical (unpaired) electrons. The number of aromatic nitrogens is 4. The summed E-state index contributed by atoms with van der Waals surface area (Å²) in [5.41, 5.74) is 1.14. The zero-order chi connectivity index (χ0) is 18.6. The smallest absolute Gasteiger partial charge is 0.250 e. The molecule has 1 aliphatic rings. The largest absolute Gasteiger partial charge is 0.476 e. The maximum Gasteiger partial charge on any atom is 0.250 e. The van der Waals surface area contributed by atoms with Crippen LogP contribution in [0, 0.1) is 17.6 Å². The van der Waals surface area contributed by atoms with Crippen LogP contribution in [0.1, 0.15) is 12.1 Å². The Balaban J connectivity index is 1.46. The van der Waals surface area contributed by atoms with Gasteiger partial charge in [-0.15, -0.1) is 0 Å². The van der Waals surface area contributed by atoms with Crippen LogP contribution in [-0.4, -0.2) is 32.7 Å². The van der Waals surface area contributed by atoms with Gasteiger partial charge in [-0.05, 0) is 36.6 Å². The molecular weight excluding hydrogens is 352 g/mol. The number of anilines is 1. The van der Waals surface area contributed by atoms with E-state index in [1.54, 1.807) is 0 Å². The van der Waals surface area contributed by atoms with Crippen molar-refractivity contribution in [3.8, 4) is 5.88 Å². The Hall–Kier alpha value is -3.03. The Labute approximate surface area is 155 Å². The van der Waals surface area contributed by atoms with Crippen molar-refractivity contribution in [1.82, 2.24) is 19.5 Å². The molecule has 1 atom stereocenters. The summed E-state index contributed by atoms with van der Waals surface area (Å²) in [5.74, 6) is -0.176. The van der Waals surface area contributed by atoms with Crippen LogP contribution in [0.5, 0.6) is 5.88 Å². The van der Waals surface area contributed by atoms with E-state index in [2.05, 4.69) is 25.6 Å². The number of halogens is 2. The van der Waals surface area contributed by atoms with Gasteiger partial charge in [0, 0.05) is 31.2 Å². The predicted octanol–water partition coefficient (Wildman–Crippen LogP) is 3.06. The van der Waals surface area contributed by atoms with Crippen molar-refractivity contribution in [1.29, 1.82) is 0 Å². The van der Waals surface area contributed by atoms with Gasteiger partial charge in [0.1, 0.15) is 0 Å². The number of pyridine rings is 1. The minimum atomic E-state index is -0.465. The first-order valence-electron chi connectivity index (χ1n) is 8.79. The van der Waals surface area contributed by atoms with Gasteiger partial charge in [-0.2, -0.15) is 0 Å². The van der Waals surface area contributed by atoms with E-state index in [1.165, 1.54) is 30.7 Å². The first-order valence-corrected chi connectivity index (χ1v) is 8.79. The maximum absolute atomic E-state index is 13.6. The number of hydrogen-bond acceptors (Lipinski definition) is 5. The first kappa shape index (κ1) is 17.4. The molecule has 3 aromatic heterocycles. The van der Waals surface area contributed by atoms with Crippen LogP contribution >= 0.6 is 0 Å². The van der Waals surface area contributed by atoms with E-state index < -0.39 is 11.6 Å². The van der Waals surface area contributed by atoms with Gasteiger partial charge in [0.25, 0.3) is 0 Å². The highest BCUT2D eigenvalue weighted by atomic mass is 19.1. The second-order valence-corrected chi connectivity index (χ2v) is 6.53. The minimum Gasteiger partial charge on any atom is -0.476 e. The zero-order valence-corrected chi connectivity index (χ0v) is 14.6. The van der Waals surface area contributed by atoms with E-state index in [4.69, 9.17) is 4.74 Å². The molecule has 4 heterocycles. The van der Waals surface area contributed by atoms with E-state index in [-0.39, 0.29) is 11.8 Å². The number of ether oxygens (including phenoxy) is 1. The van der Waals surface area contributed by atoms with Gasteiger partial charge in [-0.1, -0.05) is 0 Å². The molecule has 1 aliphatic heterocycles. The summed E-state index contributed by atoms with van der Waals surface area (Å²) in [4.78, 5) is 14.2. The molecule has 0 unspecified atom stereocenters. The SMILES string of the molecule is Fc1cnc(N2Cc3cccn3C[C@H](CCOc3ncccc3F)C2)nc1. The van der Waals surface area contributed by atoms with Crippen LogP contribution in [0.15, 0.2) is 49.1 Å². The summed E-state index contributed by atoms with van der Waals surface area (Å²) in [6.45, 7) is 2.51. The minimum absolute atomic E-state index is 0.0199. The summed E-state index contributed by atoms with van der Waals surface area (Å²) in [5, 5.41) is 0. The van der Waals surface area contributed by atoms with Crippen LogP contribution in [0.2, 0.25) is 0 Å². The maximum atomic E-state index is 13.6. The molecule has 0 fully saturated rings. The normalized spacial score (nSPS) is 16.7. The summed E-state index contributed by atoms with van der Waals surface area (Å²) < 4.78 is 34.5. The lowest BCUT2D eigenvalue weighted by atomic mass is 10.1. The molecular formula is C19H19F2N5O. The van der Waals surface area contributed by atoms with E-state index in [0.717, 1.165) is 12.2 Å². The molecule has 0 N–H and O–H groups in total. The number of hydrogen-bond donors (Lipinski definition) is 0. The Kier molecular flexibility index (Phi) is 4.95. The molecule has 140 valence electrons. The van der Waals surface area contributed by atoms with Gasteiger partial charge >= 0.3 is 0 Å². The quantitative estimate of drug-likeness (QED) is 0.690. The molecule has 0 bridgehead atoms. The second kappa shape index (κ2) is 7.69. The highest BCUT2D eigenvalue weighted by molar-refractivity contribution is 5.31. The van der Waals surface area contributed by atoms with Gasteiger partial charge in [0.05, 0.1) is 25.5 Å². The van der Waals surface area contributed by atoms with E-state index >= 15 is 0 Å². The molecule has 0 aromatic carbocycles. The number of fused-ring (bicyclic) bond motifs is 1. The van der Waals surface area contributed by atoms with Crippen molar-refractivity contribution in [3.63, 3.8) is 0 Å². The Morgan fingerprint density at radius 2 is 1.93 bits per heavy atom.